The molecule has 0 aliphatic heterocycles. The number of hydrogen-bond acceptors (Lipinski definition) is 4. The van der Waals surface area contributed by atoms with Crippen LogP contribution in [0.15, 0.2) is 77.8 Å². The zero-order valence-electron chi connectivity index (χ0n) is 18.0. The first kappa shape index (κ1) is 22.0. The van der Waals surface area contributed by atoms with E-state index in [1.807, 2.05) is 36.4 Å². The molecule has 3 aromatic carbocycles. The van der Waals surface area contributed by atoms with Gasteiger partial charge in [-0.05, 0) is 54.3 Å². The number of thioether (sulfide) groups is 1. The molecular weight excluding hydrogens is 421 g/mol. The van der Waals surface area contributed by atoms with E-state index >= 15 is 0 Å². The van der Waals surface area contributed by atoms with Gasteiger partial charge in [0.05, 0.1) is 5.75 Å². The van der Waals surface area contributed by atoms with Crippen molar-refractivity contribution in [2.24, 2.45) is 0 Å². The molecule has 4 nitrogen and oxygen atoms in total. The van der Waals surface area contributed by atoms with E-state index in [-0.39, 0.29) is 17.5 Å². The highest BCUT2D eigenvalue weighted by atomic mass is 32.2. The van der Waals surface area contributed by atoms with Crippen molar-refractivity contribution in [3.05, 3.63) is 84.2 Å². The van der Waals surface area contributed by atoms with Crippen molar-refractivity contribution in [2.45, 2.75) is 31.2 Å². The molecule has 0 fully saturated rings. The molecule has 0 radical (unpaired) electrons. The maximum Gasteiger partial charge on any atom is 0.234 e. The molecule has 4 aromatic rings. The number of carbonyl (C=O) groups excluding carboxylic acids is 1. The summed E-state index contributed by atoms with van der Waals surface area (Å²) in [4.78, 5) is 12.5. The predicted octanol–water partition coefficient (Wildman–Crippen LogP) is 6.68. The molecule has 0 aliphatic rings. The number of nitrogens with one attached hydrogen (secondary N) is 1. The Bertz CT molecular complexity index is 1230. The van der Waals surface area contributed by atoms with E-state index < -0.39 is 0 Å². The molecule has 1 unspecified atom stereocenters. The summed E-state index contributed by atoms with van der Waals surface area (Å²) in [6.45, 7) is 4.35. The third kappa shape index (κ3) is 4.97. The monoisotopic (exact) mass is 445 g/mol. The number of rotatable bonds is 7. The maximum absolute atomic E-state index is 13.3. The SMILES string of the molecule is CCC(C)c1ccc(NC(=O)CSc2nnc(-c3ccc(F)cc3)c3ccccc23)cc1. The Morgan fingerprint density at radius 1 is 0.969 bits per heavy atom. The summed E-state index contributed by atoms with van der Waals surface area (Å²) in [5.41, 5.74) is 3.54. The van der Waals surface area contributed by atoms with Crippen molar-refractivity contribution in [1.29, 1.82) is 0 Å². The van der Waals surface area contributed by atoms with Crippen molar-refractivity contribution >= 4 is 34.1 Å². The van der Waals surface area contributed by atoms with Gasteiger partial charge in [0, 0.05) is 22.0 Å². The molecule has 1 amide bonds. The van der Waals surface area contributed by atoms with Crippen LogP contribution in [0.5, 0.6) is 0 Å². The lowest BCUT2D eigenvalue weighted by atomic mass is 9.99. The lowest BCUT2D eigenvalue weighted by Crippen LogP contribution is -2.14. The Morgan fingerprint density at radius 3 is 2.34 bits per heavy atom. The van der Waals surface area contributed by atoms with Crippen LogP contribution in [0.3, 0.4) is 0 Å². The van der Waals surface area contributed by atoms with Gasteiger partial charge in [0.2, 0.25) is 5.91 Å². The highest BCUT2D eigenvalue weighted by Gasteiger charge is 2.13. The molecule has 0 spiro atoms. The lowest BCUT2D eigenvalue weighted by molar-refractivity contribution is -0.113. The molecule has 0 saturated heterocycles. The average Bonchev–Trinajstić information content (AvgIpc) is 2.83. The molecule has 1 N–H and O–H groups in total. The minimum atomic E-state index is -0.293. The number of halogens is 1. The van der Waals surface area contributed by atoms with Gasteiger partial charge < -0.3 is 5.32 Å². The molecule has 1 atom stereocenters. The average molecular weight is 446 g/mol. The van der Waals surface area contributed by atoms with E-state index in [1.54, 1.807) is 12.1 Å². The van der Waals surface area contributed by atoms with E-state index in [0.29, 0.717) is 16.6 Å². The zero-order chi connectivity index (χ0) is 22.5. The van der Waals surface area contributed by atoms with Gasteiger partial charge in [-0.3, -0.25) is 4.79 Å². The smallest absolute Gasteiger partial charge is 0.234 e. The highest BCUT2D eigenvalue weighted by Crippen LogP contribution is 2.32. The van der Waals surface area contributed by atoms with Crippen LogP contribution < -0.4 is 5.32 Å². The number of nitrogens with zero attached hydrogens (tertiary/aromatic N) is 2. The molecule has 0 saturated carbocycles. The Kier molecular flexibility index (Phi) is 6.81. The minimum Gasteiger partial charge on any atom is -0.325 e. The van der Waals surface area contributed by atoms with Gasteiger partial charge in [-0.15, -0.1) is 10.2 Å². The molecule has 6 heteroatoms. The molecular formula is C26H24FN3OS. The summed E-state index contributed by atoms with van der Waals surface area (Å²) in [5.74, 6) is 0.334. The second kappa shape index (κ2) is 9.92. The summed E-state index contributed by atoms with van der Waals surface area (Å²) in [6.07, 6.45) is 1.08. The van der Waals surface area contributed by atoms with E-state index in [0.717, 1.165) is 28.4 Å². The molecule has 1 aromatic heterocycles. The summed E-state index contributed by atoms with van der Waals surface area (Å²) in [5, 5.41) is 14.2. The summed E-state index contributed by atoms with van der Waals surface area (Å²) < 4.78 is 13.3. The number of anilines is 1. The number of amides is 1. The third-order valence-corrected chi connectivity index (χ3v) is 6.47. The first-order chi connectivity index (χ1) is 15.5. The Balaban J connectivity index is 1.48. The Labute approximate surface area is 191 Å². The minimum absolute atomic E-state index is 0.0974. The van der Waals surface area contributed by atoms with Crippen molar-refractivity contribution in [1.82, 2.24) is 10.2 Å². The van der Waals surface area contributed by atoms with Gasteiger partial charge in [0.25, 0.3) is 0 Å². The predicted molar refractivity (Wildman–Crippen MR) is 129 cm³/mol. The van der Waals surface area contributed by atoms with Gasteiger partial charge >= 0.3 is 0 Å². The van der Waals surface area contributed by atoms with Crippen LogP contribution in [-0.2, 0) is 4.79 Å². The third-order valence-electron chi connectivity index (χ3n) is 5.49. The maximum atomic E-state index is 13.3. The Hall–Kier alpha value is -3.25. The zero-order valence-corrected chi connectivity index (χ0v) is 18.8. The fraction of sp³-hybridized carbons (Fsp3) is 0.192. The Morgan fingerprint density at radius 2 is 1.66 bits per heavy atom. The van der Waals surface area contributed by atoms with Crippen LogP contribution in [0.25, 0.3) is 22.0 Å². The first-order valence-electron chi connectivity index (χ1n) is 10.6. The number of carbonyl (C=O) groups is 1. The van der Waals surface area contributed by atoms with E-state index in [2.05, 4.69) is 41.5 Å². The van der Waals surface area contributed by atoms with Gasteiger partial charge in [-0.1, -0.05) is 62.0 Å². The van der Waals surface area contributed by atoms with E-state index in [4.69, 9.17) is 0 Å². The largest absolute Gasteiger partial charge is 0.325 e. The molecule has 4 rings (SSSR count). The van der Waals surface area contributed by atoms with Crippen LogP contribution in [-0.4, -0.2) is 21.9 Å². The molecule has 1 heterocycles. The number of aromatic nitrogens is 2. The summed E-state index contributed by atoms with van der Waals surface area (Å²) in [7, 11) is 0. The number of benzene rings is 3. The topological polar surface area (TPSA) is 54.9 Å². The van der Waals surface area contributed by atoms with Crippen molar-refractivity contribution in [3.63, 3.8) is 0 Å². The van der Waals surface area contributed by atoms with Gasteiger partial charge in [-0.25, -0.2) is 4.39 Å². The second-order valence-corrected chi connectivity index (χ2v) is 8.64. The molecule has 0 aliphatic carbocycles. The van der Waals surface area contributed by atoms with Gasteiger partial charge in [0.15, 0.2) is 0 Å². The van der Waals surface area contributed by atoms with Crippen LogP contribution in [0.1, 0.15) is 31.7 Å². The van der Waals surface area contributed by atoms with Crippen molar-refractivity contribution in [3.8, 4) is 11.3 Å². The summed E-state index contributed by atoms with van der Waals surface area (Å²) in [6, 6.07) is 22.0. The second-order valence-electron chi connectivity index (χ2n) is 7.67. The van der Waals surface area contributed by atoms with Crippen LogP contribution in [0.4, 0.5) is 10.1 Å². The van der Waals surface area contributed by atoms with Gasteiger partial charge in [-0.2, -0.15) is 0 Å². The normalized spacial score (nSPS) is 12.0. The molecule has 32 heavy (non-hydrogen) atoms. The summed E-state index contributed by atoms with van der Waals surface area (Å²) >= 11 is 1.35. The van der Waals surface area contributed by atoms with Gasteiger partial charge in [0.1, 0.15) is 16.5 Å². The van der Waals surface area contributed by atoms with Crippen molar-refractivity contribution in [2.75, 3.05) is 11.1 Å². The van der Waals surface area contributed by atoms with Crippen LogP contribution in [0.2, 0.25) is 0 Å². The molecule has 162 valence electrons. The standard InChI is InChI=1S/C26H24FN3OS/c1-3-17(2)18-10-14-21(15-11-18)28-24(31)16-32-26-23-7-5-4-6-22(23)25(29-30-26)19-8-12-20(27)13-9-19/h4-15,17H,3,16H2,1-2H3,(H,28,31). The highest BCUT2D eigenvalue weighted by molar-refractivity contribution is 8.00. The molecule has 0 bridgehead atoms. The quantitative estimate of drug-likeness (QED) is 0.322. The van der Waals surface area contributed by atoms with Crippen LogP contribution >= 0.6 is 11.8 Å². The van der Waals surface area contributed by atoms with E-state index in [1.165, 1.54) is 29.5 Å². The fourth-order valence-corrected chi connectivity index (χ4v) is 4.24. The van der Waals surface area contributed by atoms with Crippen molar-refractivity contribution < 1.29 is 9.18 Å². The van der Waals surface area contributed by atoms with E-state index in [9.17, 15) is 9.18 Å². The lowest BCUT2D eigenvalue weighted by Gasteiger charge is -2.11. The first-order valence-corrected chi connectivity index (χ1v) is 11.6. The number of hydrogen-bond donors (Lipinski definition) is 1. The number of fused-ring (bicyclic) bond motifs is 1. The fourth-order valence-electron chi connectivity index (χ4n) is 3.47. The van der Waals surface area contributed by atoms with Crippen LogP contribution in [0, 0.1) is 5.82 Å².